The van der Waals surface area contributed by atoms with Crippen molar-refractivity contribution in [3.8, 4) is 0 Å². The highest BCUT2D eigenvalue weighted by atomic mass is 127. The maximum Gasteiger partial charge on any atom is 0.255 e. The number of carbonyl (C=O) groups is 1. The molecule has 2 aliphatic rings. The van der Waals surface area contributed by atoms with Crippen molar-refractivity contribution < 1.29 is 4.79 Å². The van der Waals surface area contributed by atoms with E-state index in [1.54, 1.807) is 0 Å². The Morgan fingerprint density at radius 1 is 1.33 bits per heavy atom. The minimum Gasteiger partial charge on any atom is -0.333 e. The van der Waals surface area contributed by atoms with E-state index in [1.807, 2.05) is 18.2 Å². The van der Waals surface area contributed by atoms with E-state index in [9.17, 15) is 4.79 Å². The number of nitrogens with zero attached hydrogens (tertiary/aromatic N) is 2. The lowest BCUT2D eigenvalue weighted by atomic mass is 9.96. The molecule has 2 heterocycles. The second-order valence-electron chi connectivity index (χ2n) is 6.08. The van der Waals surface area contributed by atoms with Gasteiger partial charge in [-0.25, -0.2) is 0 Å². The summed E-state index contributed by atoms with van der Waals surface area (Å²) in [6, 6.07) is 6.81. The van der Waals surface area contributed by atoms with E-state index in [0.29, 0.717) is 6.04 Å². The van der Waals surface area contributed by atoms with Crippen LogP contribution in [0.25, 0.3) is 0 Å². The van der Waals surface area contributed by atoms with Gasteiger partial charge in [0.15, 0.2) is 0 Å². The van der Waals surface area contributed by atoms with Gasteiger partial charge in [-0.2, -0.15) is 0 Å². The monoisotopic (exact) mass is 462 g/mol. The third-order valence-corrected chi connectivity index (χ3v) is 5.97. The zero-order valence-corrected chi connectivity index (χ0v) is 15.9. The summed E-state index contributed by atoms with van der Waals surface area (Å²) in [4.78, 5) is 17.6. The van der Waals surface area contributed by atoms with Gasteiger partial charge in [-0.05, 0) is 83.0 Å². The molecule has 5 heteroatoms. The maximum atomic E-state index is 12.9. The summed E-state index contributed by atoms with van der Waals surface area (Å²) in [7, 11) is 0. The zero-order valence-electron chi connectivity index (χ0n) is 12.2. The normalized spacial score (nSPS) is 26.5. The Bertz CT molecular complexity index is 551. The molecule has 2 aliphatic heterocycles. The molecule has 0 saturated carbocycles. The lowest BCUT2D eigenvalue weighted by Gasteiger charge is -2.47. The molecule has 1 amide bonds. The quantitative estimate of drug-likeness (QED) is 0.593. The van der Waals surface area contributed by atoms with E-state index >= 15 is 0 Å². The number of halogens is 2. The van der Waals surface area contributed by atoms with Gasteiger partial charge in [0.2, 0.25) is 0 Å². The van der Waals surface area contributed by atoms with E-state index in [-0.39, 0.29) is 11.9 Å². The number of benzene rings is 1. The Morgan fingerprint density at radius 3 is 2.95 bits per heavy atom. The molecule has 3 rings (SSSR count). The van der Waals surface area contributed by atoms with Crippen LogP contribution >= 0.6 is 38.5 Å². The molecule has 1 aromatic carbocycles. The number of rotatable bonds is 1. The molecule has 114 valence electrons. The lowest BCUT2D eigenvalue weighted by molar-refractivity contribution is 0.0151. The number of hydrogen-bond donors (Lipinski definition) is 0. The van der Waals surface area contributed by atoms with Gasteiger partial charge in [0.05, 0.1) is 5.56 Å². The zero-order chi connectivity index (χ0) is 15.0. The molecule has 0 N–H and O–H groups in total. The van der Waals surface area contributed by atoms with Crippen LogP contribution in [0.3, 0.4) is 0 Å². The highest BCUT2D eigenvalue weighted by Crippen LogP contribution is 2.27. The van der Waals surface area contributed by atoms with Crippen molar-refractivity contribution in [2.45, 2.75) is 38.3 Å². The Kier molecular flexibility index (Phi) is 4.90. The fraction of sp³-hybridized carbons (Fsp3) is 0.562. The topological polar surface area (TPSA) is 23.6 Å². The van der Waals surface area contributed by atoms with Crippen molar-refractivity contribution in [1.29, 1.82) is 0 Å². The average Bonchev–Trinajstić information content (AvgIpc) is 2.48. The first-order valence-corrected chi connectivity index (χ1v) is 9.43. The average molecular weight is 463 g/mol. The Morgan fingerprint density at radius 2 is 2.14 bits per heavy atom. The number of hydrogen-bond acceptors (Lipinski definition) is 2. The summed E-state index contributed by atoms with van der Waals surface area (Å²) >= 11 is 5.79. The highest BCUT2D eigenvalue weighted by molar-refractivity contribution is 14.1. The van der Waals surface area contributed by atoms with Crippen LogP contribution in [0.1, 0.15) is 36.5 Å². The first kappa shape index (κ1) is 15.7. The molecule has 2 atom stereocenters. The number of carbonyl (C=O) groups excluding carboxylic acids is 1. The van der Waals surface area contributed by atoms with Gasteiger partial charge in [-0.15, -0.1) is 0 Å². The Labute approximate surface area is 148 Å². The van der Waals surface area contributed by atoms with Crippen LogP contribution < -0.4 is 0 Å². The van der Waals surface area contributed by atoms with Gasteiger partial charge in [0.25, 0.3) is 5.91 Å². The van der Waals surface area contributed by atoms with Crippen LogP contribution in [0.2, 0.25) is 0 Å². The molecule has 21 heavy (non-hydrogen) atoms. The molecule has 2 saturated heterocycles. The number of fused-ring (bicyclic) bond motifs is 1. The first-order valence-electron chi connectivity index (χ1n) is 7.56. The number of amides is 1. The second-order valence-corrected chi connectivity index (χ2v) is 8.18. The van der Waals surface area contributed by atoms with Crippen molar-refractivity contribution in [2.24, 2.45) is 0 Å². The van der Waals surface area contributed by atoms with E-state index < -0.39 is 0 Å². The van der Waals surface area contributed by atoms with Crippen molar-refractivity contribution in [3.05, 3.63) is 31.8 Å². The van der Waals surface area contributed by atoms with E-state index in [1.165, 1.54) is 25.8 Å². The summed E-state index contributed by atoms with van der Waals surface area (Å²) in [5, 5.41) is 0. The van der Waals surface area contributed by atoms with Crippen molar-refractivity contribution in [1.82, 2.24) is 9.80 Å². The fourth-order valence-electron chi connectivity index (χ4n) is 3.45. The van der Waals surface area contributed by atoms with Crippen molar-refractivity contribution in [2.75, 3.05) is 19.6 Å². The van der Waals surface area contributed by atoms with Crippen LogP contribution in [-0.2, 0) is 0 Å². The molecule has 1 aromatic rings. The third kappa shape index (κ3) is 3.29. The number of piperazine rings is 1. The minimum atomic E-state index is 0.165. The van der Waals surface area contributed by atoms with Crippen LogP contribution in [0.5, 0.6) is 0 Å². The molecular formula is C16H20BrIN2O. The summed E-state index contributed by atoms with van der Waals surface area (Å²) in [5.41, 5.74) is 0.790. The van der Waals surface area contributed by atoms with Crippen LogP contribution in [0.4, 0.5) is 0 Å². The van der Waals surface area contributed by atoms with Crippen LogP contribution in [-0.4, -0.2) is 47.4 Å². The molecular weight excluding hydrogens is 443 g/mol. The van der Waals surface area contributed by atoms with E-state index in [2.05, 4.69) is 55.2 Å². The van der Waals surface area contributed by atoms with Crippen molar-refractivity contribution in [3.63, 3.8) is 0 Å². The maximum absolute atomic E-state index is 12.9. The van der Waals surface area contributed by atoms with Gasteiger partial charge in [0.1, 0.15) is 0 Å². The van der Waals surface area contributed by atoms with E-state index in [0.717, 1.165) is 26.7 Å². The minimum absolute atomic E-state index is 0.165. The Hall–Kier alpha value is -0.140. The lowest BCUT2D eigenvalue weighted by Crippen LogP contribution is -2.60. The van der Waals surface area contributed by atoms with Gasteiger partial charge >= 0.3 is 0 Å². The van der Waals surface area contributed by atoms with Crippen molar-refractivity contribution >= 4 is 44.4 Å². The molecule has 0 aromatic heterocycles. The summed E-state index contributed by atoms with van der Waals surface area (Å²) < 4.78 is 1.99. The third-order valence-electron chi connectivity index (χ3n) is 4.61. The predicted molar refractivity (Wildman–Crippen MR) is 96.6 cm³/mol. The smallest absolute Gasteiger partial charge is 0.255 e. The van der Waals surface area contributed by atoms with Crippen LogP contribution in [0.15, 0.2) is 22.7 Å². The molecule has 2 fully saturated rings. The second kappa shape index (κ2) is 6.54. The summed E-state index contributed by atoms with van der Waals surface area (Å²) in [6.45, 7) is 5.25. The predicted octanol–water partition coefficient (Wildman–Crippen LogP) is 3.75. The SMILES string of the molecule is CC1CN2CCCCC2CN1C(=O)c1cc(I)ccc1Br. The molecule has 0 spiro atoms. The van der Waals surface area contributed by atoms with Crippen LogP contribution in [0, 0.1) is 3.57 Å². The molecule has 3 nitrogen and oxygen atoms in total. The Balaban J connectivity index is 1.82. The van der Waals surface area contributed by atoms with Gasteiger partial charge in [-0.1, -0.05) is 6.42 Å². The van der Waals surface area contributed by atoms with E-state index in [4.69, 9.17) is 0 Å². The standard InChI is InChI=1S/C16H20BrIN2O/c1-11-9-19-7-3-2-4-13(19)10-20(11)16(21)14-8-12(18)5-6-15(14)17/h5-6,8,11,13H,2-4,7,9-10H2,1H3. The van der Waals surface area contributed by atoms with Gasteiger partial charge in [-0.3, -0.25) is 9.69 Å². The van der Waals surface area contributed by atoms with Gasteiger partial charge in [0, 0.05) is 33.2 Å². The molecule has 0 radical (unpaired) electrons. The molecule has 0 aliphatic carbocycles. The van der Waals surface area contributed by atoms with Gasteiger partial charge < -0.3 is 4.90 Å². The largest absolute Gasteiger partial charge is 0.333 e. The summed E-state index contributed by atoms with van der Waals surface area (Å²) in [5.74, 6) is 0.165. The first-order chi connectivity index (χ1) is 10.1. The highest BCUT2D eigenvalue weighted by Gasteiger charge is 2.35. The fourth-order valence-corrected chi connectivity index (χ4v) is 4.36. The number of piperidine rings is 1. The summed E-state index contributed by atoms with van der Waals surface area (Å²) in [6.07, 6.45) is 3.83. The molecule has 2 unspecified atom stereocenters. The molecule has 0 bridgehead atoms.